The van der Waals surface area contributed by atoms with Gasteiger partial charge >= 0.3 is 0 Å². The molecule has 0 bridgehead atoms. The molecule has 0 amide bonds. The minimum absolute atomic E-state index is 0.428. The molecule has 0 radical (unpaired) electrons. The van der Waals surface area contributed by atoms with Crippen molar-refractivity contribution in [3.63, 3.8) is 0 Å². The monoisotopic (exact) mass is 521 g/mol. The molecule has 4 nitrogen and oxygen atoms in total. The zero-order chi connectivity index (χ0) is 25.2. The highest BCUT2D eigenvalue weighted by molar-refractivity contribution is 7.97. The number of piperazine rings is 1. The van der Waals surface area contributed by atoms with E-state index in [0.717, 1.165) is 66.4 Å². The number of nitrogens with two attached hydrogens (primary N) is 1. The molecule has 2 N–H and O–H groups in total. The molecule has 3 aromatic rings. The van der Waals surface area contributed by atoms with E-state index in [-0.39, 0.29) is 0 Å². The Morgan fingerprint density at radius 3 is 2.11 bits per heavy atom. The van der Waals surface area contributed by atoms with Gasteiger partial charge in [0.1, 0.15) is 5.75 Å². The van der Waals surface area contributed by atoms with Crippen LogP contribution in [0.3, 0.4) is 0 Å². The molecule has 1 aliphatic rings. The summed E-state index contributed by atoms with van der Waals surface area (Å²) < 4.78 is 20.3. The highest BCUT2D eigenvalue weighted by atomic mass is 32.2. The molecule has 0 unspecified atom stereocenters. The predicted octanol–water partition coefficient (Wildman–Crippen LogP) is 6.86. The fourth-order valence-electron chi connectivity index (χ4n) is 3.95. The lowest BCUT2D eigenvalue weighted by Gasteiger charge is -2.33. The number of methoxy groups -OCH3 is 1. The van der Waals surface area contributed by atoms with E-state index in [1.807, 2.05) is 24.3 Å². The van der Waals surface area contributed by atoms with E-state index in [2.05, 4.69) is 76.0 Å². The van der Waals surface area contributed by atoms with Crippen LogP contribution < -0.4 is 10.5 Å². The average molecular weight is 522 g/mol. The SMILES string of the molecule is COc1cc(/C=C/c2ccc(SN3CCN(CCSF)CC3)cc2)ccc1/C=C/c1ccc(N)cc1. The van der Waals surface area contributed by atoms with E-state index in [9.17, 15) is 3.89 Å². The van der Waals surface area contributed by atoms with Crippen LogP contribution in [-0.4, -0.2) is 54.8 Å². The van der Waals surface area contributed by atoms with Crippen LogP contribution in [-0.2, 0) is 0 Å². The Labute approximate surface area is 222 Å². The summed E-state index contributed by atoms with van der Waals surface area (Å²) in [4.78, 5) is 3.56. The van der Waals surface area contributed by atoms with Gasteiger partial charge in [-0.3, -0.25) is 4.90 Å². The summed E-state index contributed by atoms with van der Waals surface area (Å²) in [7, 11) is 1.70. The van der Waals surface area contributed by atoms with Crippen LogP contribution in [0.15, 0.2) is 71.6 Å². The smallest absolute Gasteiger partial charge is 0.126 e. The third-order valence-electron chi connectivity index (χ3n) is 6.05. The van der Waals surface area contributed by atoms with Crippen molar-refractivity contribution in [2.24, 2.45) is 0 Å². The Morgan fingerprint density at radius 1 is 0.833 bits per heavy atom. The van der Waals surface area contributed by atoms with Crippen LogP contribution in [0.25, 0.3) is 24.3 Å². The first-order valence-electron chi connectivity index (χ1n) is 12.0. The van der Waals surface area contributed by atoms with Gasteiger partial charge in [-0.15, -0.1) is 0 Å². The Kier molecular flexibility index (Phi) is 9.93. The maximum atomic E-state index is 12.3. The highest BCUT2D eigenvalue weighted by Gasteiger charge is 2.17. The number of halogens is 1. The number of nitrogen functional groups attached to an aromatic ring is 1. The van der Waals surface area contributed by atoms with E-state index in [1.165, 1.54) is 4.90 Å². The van der Waals surface area contributed by atoms with E-state index in [1.54, 1.807) is 19.1 Å². The first kappa shape index (κ1) is 26.4. The van der Waals surface area contributed by atoms with Gasteiger partial charge in [0.25, 0.3) is 0 Å². The number of anilines is 1. The van der Waals surface area contributed by atoms with Gasteiger partial charge < -0.3 is 10.5 Å². The maximum absolute atomic E-state index is 12.3. The van der Waals surface area contributed by atoms with Crippen molar-refractivity contribution in [1.82, 2.24) is 9.21 Å². The molecule has 0 aliphatic carbocycles. The minimum Gasteiger partial charge on any atom is -0.496 e. The van der Waals surface area contributed by atoms with E-state index in [0.29, 0.717) is 17.9 Å². The van der Waals surface area contributed by atoms with Crippen LogP contribution in [0.5, 0.6) is 5.75 Å². The predicted molar refractivity (Wildman–Crippen MR) is 156 cm³/mol. The molecule has 1 heterocycles. The zero-order valence-corrected chi connectivity index (χ0v) is 22.1. The van der Waals surface area contributed by atoms with Crippen molar-refractivity contribution in [3.8, 4) is 5.75 Å². The molecule has 3 aromatic carbocycles. The molecule has 1 aliphatic heterocycles. The molecule has 36 heavy (non-hydrogen) atoms. The van der Waals surface area contributed by atoms with Gasteiger partial charge in [0.15, 0.2) is 0 Å². The number of nitrogens with zero attached hydrogens (tertiary/aromatic N) is 2. The van der Waals surface area contributed by atoms with Crippen molar-refractivity contribution >= 4 is 54.1 Å². The van der Waals surface area contributed by atoms with Gasteiger partial charge in [-0.05, 0) is 59.0 Å². The quantitative estimate of drug-likeness (QED) is 0.179. The second kappa shape index (κ2) is 13.6. The largest absolute Gasteiger partial charge is 0.496 e. The molecule has 1 saturated heterocycles. The van der Waals surface area contributed by atoms with Crippen molar-refractivity contribution < 1.29 is 8.62 Å². The van der Waals surface area contributed by atoms with Crippen LogP contribution in [0, 0.1) is 0 Å². The Bertz CT molecular complexity index is 1160. The number of hydrogen-bond acceptors (Lipinski definition) is 6. The lowest BCUT2D eigenvalue weighted by Crippen LogP contribution is -2.44. The lowest BCUT2D eigenvalue weighted by atomic mass is 10.1. The molecule has 0 saturated carbocycles. The average Bonchev–Trinajstić information content (AvgIpc) is 2.92. The summed E-state index contributed by atoms with van der Waals surface area (Å²) in [6, 6.07) is 22.6. The maximum Gasteiger partial charge on any atom is 0.126 e. The van der Waals surface area contributed by atoms with Crippen molar-refractivity contribution in [2.45, 2.75) is 4.90 Å². The molecular weight excluding hydrogens is 489 g/mol. The molecule has 0 aromatic heterocycles. The number of benzene rings is 3. The van der Waals surface area contributed by atoms with Crippen LogP contribution >= 0.6 is 24.1 Å². The molecule has 4 rings (SSSR count). The third kappa shape index (κ3) is 7.90. The first-order chi connectivity index (χ1) is 17.6. The molecule has 188 valence electrons. The second-order valence-electron chi connectivity index (χ2n) is 8.58. The Hall–Kier alpha value is -2.71. The summed E-state index contributed by atoms with van der Waals surface area (Å²) in [5.74, 6) is 1.39. The zero-order valence-electron chi connectivity index (χ0n) is 20.5. The lowest BCUT2D eigenvalue weighted by molar-refractivity contribution is 0.206. The van der Waals surface area contributed by atoms with Crippen molar-refractivity contribution in [2.75, 3.05) is 51.3 Å². The Morgan fingerprint density at radius 2 is 1.44 bits per heavy atom. The molecule has 1 fully saturated rings. The highest BCUT2D eigenvalue weighted by Crippen LogP contribution is 2.26. The normalized spacial score (nSPS) is 15.2. The standard InChI is InChI=1S/C29H32FN3OS2/c1-34-29-22-25(5-11-26(29)10-4-24-6-12-27(31)13-7-24)3-2-23-8-14-28(15-9-23)36-33-18-16-32(17-19-33)20-21-35-30/h2-15,22H,16-21,31H2,1H3/b3-2+,10-4+. The van der Waals surface area contributed by atoms with Crippen molar-refractivity contribution in [1.29, 1.82) is 0 Å². The summed E-state index contributed by atoms with van der Waals surface area (Å²) in [5, 5.41) is 0. The van der Waals surface area contributed by atoms with Crippen molar-refractivity contribution in [3.05, 3.63) is 89.0 Å². The summed E-state index contributed by atoms with van der Waals surface area (Å²) in [5.41, 5.74) is 10.9. The van der Waals surface area contributed by atoms with Gasteiger partial charge in [-0.2, -0.15) is 3.89 Å². The van der Waals surface area contributed by atoms with Crippen LogP contribution in [0.1, 0.15) is 22.3 Å². The third-order valence-corrected chi connectivity index (χ3v) is 7.49. The second-order valence-corrected chi connectivity index (χ2v) is 10.4. The summed E-state index contributed by atoms with van der Waals surface area (Å²) in [6.45, 7) is 4.81. The van der Waals surface area contributed by atoms with Gasteiger partial charge in [-0.1, -0.05) is 60.7 Å². The Balaban J connectivity index is 1.32. The van der Waals surface area contributed by atoms with Gasteiger partial charge in [-0.25, -0.2) is 4.31 Å². The van der Waals surface area contributed by atoms with E-state index in [4.69, 9.17) is 10.5 Å². The molecular formula is C29H32FN3OS2. The molecule has 0 spiro atoms. The summed E-state index contributed by atoms with van der Waals surface area (Å²) in [6.07, 6.45) is 8.33. The first-order valence-corrected chi connectivity index (χ1v) is 13.7. The fourth-order valence-corrected chi connectivity index (χ4v) is 5.18. The van der Waals surface area contributed by atoms with E-state index >= 15 is 0 Å². The number of rotatable bonds is 10. The van der Waals surface area contributed by atoms with Gasteiger partial charge in [0, 0.05) is 66.8 Å². The van der Waals surface area contributed by atoms with Gasteiger partial charge in [0.2, 0.25) is 0 Å². The van der Waals surface area contributed by atoms with Crippen LogP contribution in [0.2, 0.25) is 0 Å². The molecule has 0 atom stereocenters. The van der Waals surface area contributed by atoms with Gasteiger partial charge in [0.05, 0.1) is 7.11 Å². The molecule has 7 heteroatoms. The van der Waals surface area contributed by atoms with Crippen LogP contribution in [0.4, 0.5) is 9.57 Å². The summed E-state index contributed by atoms with van der Waals surface area (Å²) >= 11 is 2.23. The number of ether oxygens (including phenoxy) is 1. The minimum atomic E-state index is 0.428. The van der Waals surface area contributed by atoms with E-state index < -0.39 is 0 Å². The topological polar surface area (TPSA) is 41.7 Å². The number of hydrogen-bond donors (Lipinski definition) is 1. The fraction of sp³-hybridized carbons (Fsp3) is 0.241.